The van der Waals surface area contributed by atoms with Gasteiger partial charge in [0.25, 0.3) is 0 Å². The Balaban J connectivity index is 2.62. The van der Waals surface area contributed by atoms with Crippen LogP contribution < -0.4 is 16.8 Å². The Labute approximate surface area is 101 Å². The van der Waals surface area contributed by atoms with Crippen molar-refractivity contribution in [3.63, 3.8) is 0 Å². The van der Waals surface area contributed by atoms with Crippen molar-refractivity contribution in [2.24, 2.45) is 16.5 Å². The monoisotopic (exact) mass is 234 g/mol. The van der Waals surface area contributed by atoms with Crippen LogP contribution in [0.4, 0.5) is 0 Å². The lowest BCUT2D eigenvalue weighted by Gasteiger charge is -2.04. The predicted molar refractivity (Wildman–Crippen MR) is 68.6 cm³/mol. The van der Waals surface area contributed by atoms with Crippen molar-refractivity contribution in [2.45, 2.75) is 19.9 Å². The van der Waals surface area contributed by atoms with Crippen LogP contribution in [-0.2, 0) is 6.54 Å². The molecule has 92 valence electrons. The minimum Gasteiger partial charge on any atom is -0.370 e. The minimum atomic E-state index is -0.437. The highest BCUT2D eigenvalue weighted by atomic mass is 16.1. The Morgan fingerprint density at radius 2 is 2.18 bits per heavy atom. The maximum Gasteiger partial charge on any atom is 0.248 e. The maximum atomic E-state index is 11.0. The van der Waals surface area contributed by atoms with Gasteiger partial charge >= 0.3 is 0 Å². The highest BCUT2D eigenvalue weighted by Gasteiger charge is 2.00. The summed E-state index contributed by atoms with van der Waals surface area (Å²) in [5.74, 6) is -0.0239. The molecule has 0 spiro atoms. The summed E-state index contributed by atoms with van der Waals surface area (Å²) in [5.41, 5.74) is 12.2. The fourth-order valence-corrected chi connectivity index (χ4v) is 1.31. The van der Waals surface area contributed by atoms with E-state index in [1.165, 1.54) is 0 Å². The van der Waals surface area contributed by atoms with Gasteiger partial charge in [-0.3, -0.25) is 4.79 Å². The fourth-order valence-electron chi connectivity index (χ4n) is 1.31. The van der Waals surface area contributed by atoms with Crippen molar-refractivity contribution in [1.29, 1.82) is 0 Å². The van der Waals surface area contributed by atoms with Crippen LogP contribution in [0.25, 0.3) is 0 Å². The summed E-state index contributed by atoms with van der Waals surface area (Å²) in [4.78, 5) is 15.1. The molecule has 0 aliphatic carbocycles. The molecule has 0 saturated carbocycles. The van der Waals surface area contributed by atoms with E-state index < -0.39 is 5.91 Å². The summed E-state index contributed by atoms with van der Waals surface area (Å²) in [6.07, 6.45) is 0.993. The highest BCUT2D eigenvalue weighted by Crippen LogP contribution is 2.05. The predicted octanol–water partition coefficient (Wildman–Crippen LogP) is 0.600. The highest BCUT2D eigenvalue weighted by molar-refractivity contribution is 5.92. The number of rotatable bonds is 5. The molecule has 1 aromatic rings. The lowest BCUT2D eigenvalue weighted by Crippen LogP contribution is -2.32. The van der Waals surface area contributed by atoms with Gasteiger partial charge < -0.3 is 16.8 Å². The number of nitrogens with two attached hydrogens (primary N) is 2. The normalized spacial score (nSPS) is 11.2. The van der Waals surface area contributed by atoms with E-state index >= 15 is 0 Å². The zero-order valence-electron chi connectivity index (χ0n) is 9.94. The second-order valence-corrected chi connectivity index (χ2v) is 3.69. The van der Waals surface area contributed by atoms with Gasteiger partial charge in [0.15, 0.2) is 5.96 Å². The number of aliphatic imine (C=N–C) groups is 1. The van der Waals surface area contributed by atoms with Gasteiger partial charge in [-0.2, -0.15) is 0 Å². The molecule has 5 heteroatoms. The van der Waals surface area contributed by atoms with Crippen LogP contribution in [-0.4, -0.2) is 18.4 Å². The molecule has 0 fully saturated rings. The Morgan fingerprint density at radius 3 is 2.82 bits per heavy atom. The number of carbonyl (C=O) groups is 1. The molecular weight excluding hydrogens is 216 g/mol. The van der Waals surface area contributed by atoms with Gasteiger partial charge in [0, 0.05) is 12.1 Å². The molecule has 0 radical (unpaired) electrons. The van der Waals surface area contributed by atoms with Crippen LogP contribution in [0.2, 0.25) is 0 Å². The standard InChI is InChI=1S/C12H18N4O/c1-2-6-15-12(14)16-8-9-4-3-5-10(7-9)11(13)17/h3-5,7H,2,6,8H2,1H3,(H2,13,17)(H3,14,15,16). The van der Waals surface area contributed by atoms with E-state index in [2.05, 4.69) is 17.2 Å². The zero-order chi connectivity index (χ0) is 12.7. The van der Waals surface area contributed by atoms with Gasteiger partial charge in [-0.05, 0) is 24.1 Å². The van der Waals surface area contributed by atoms with Crippen LogP contribution in [0.5, 0.6) is 0 Å². The quantitative estimate of drug-likeness (QED) is 0.514. The molecule has 5 N–H and O–H groups in total. The summed E-state index contributed by atoms with van der Waals surface area (Å²) in [5, 5.41) is 2.98. The van der Waals surface area contributed by atoms with Crippen molar-refractivity contribution in [2.75, 3.05) is 6.54 Å². The van der Waals surface area contributed by atoms with Crippen LogP contribution in [0.1, 0.15) is 29.3 Å². The summed E-state index contributed by atoms with van der Waals surface area (Å²) in [6.45, 7) is 3.29. The Bertz CT molecular complexity index is 415. The lowest BCUT2D eigenvalue weighted by molar-refractivity contribution is 0.1000. The van der Waals surface area contributed by atoms with E-state index in [-0.39, 0.29) is 0 Å². The van der Waals surface area contributed by atoms with E-state index in [4.69, 9.17) is 11.5 Å². The van der Waals surface area contributed by atoms with Crippen molar-refractivity contribution in [3.8, 4) is 0 Å². The summed E-state index contributed by atoms with van der Waals surface area (Å²) < 4.78 is 0. The van der Waals surface area contributed by atoms with Crippen LogP contribution in [0.3, 0.4) is 0 Å². The molecule has 0 saturated heterocycles. The summed E-state index contributed by atoms with van der Waals surface area (Å²) in [6, 6.07) is 7.05. The Morgan fingerprint density at radius 1 is 1.41 bits per heavy atom. The molecule has 17 heavy (non-hydrogen) atoms. The number of hydrogen-bond acceptors (Lipinski definition) is 2. The molecule has 5 nitrogen and oxygen atoms in total. The first kappa shape index (κ1) is 13.0. The van der Waals surface area contributed by atoms with Gasteiger partial charge in [-0.1, -0.05) is 19.1 Å². The number of hydrogen-bond donors (Lipinski definition) is 3. The third-order valence-corrected chi connectivity index (χ3v) is 2.20. The summed E-state index contributed by atoms with van der Waals surface area (Å²) >= 11 is 0. The second-order valence-electron chi connectivity index (χ2n) is 3.69. The third-order valence-electron chi connectivity index (χ3n) is 2.20. The van der Waals surface area contributed by atoms with E-state index in [1.54, 1.807) is 18.2 Å². The zero-order valence-corrected chi connectivity index (χ0v) is 9.94. The van der Waals surface area contributed by atoms with E-state index in [1.807, 2.05) is 6.07 Å². The van der Waals surface area contributed by atoms with Crippen LogP contribution >= 0.6 is 0 Å². The number of nitrogens with zero attached hydrogens (tertiary/aromatic N) is 1. The van der Waals surface area contributed by atoms with Crippen molar-refractivity contribution in [3.05, 3.63) is 35.4 Å². The molecule has 0 aliphatic rings. The number of guanidine groups is 1. The molecule has 0 aliphatic heterocycles. The number of benzene rings is 1. The average Bonchev–Trinajstić information content (AvgIpc) is 2.34. The van der Waals surface area contributed by atoms with Crippen molar-refractivity contribution in [1.82, 2.24) is 5.32 Å². The Kier molecular flexibility index (Phi) is 5.00. The number of carbonyl (C=O) groups excluding carboxylic acids is 1. The third kappa shape index (κ3) is 4.55. The largest absolute Gasteiger partial charge is 0.370 e. The van der Waals surface area contributed by atoms with Crippen LogP contribution in [0.15, 0.2) is 29.3 Å². The first-order valence-corrected chi connectivity index (χ1v) is 5.56. The first-order valence-electron chi connectivity index (χ1n) is 5.56. The topological polar surface area (TPSA) is 93.5 Å². The smallest absolute Gasteiger partial charge is 0.248 e. The van der Waals surface area contributed by atoms with E-state index in [9.17, 15) is 4.79 Å². The van der Waals surface area contributed by atoms with Gasteiger partial charge in [-0.15, -0.1) is 0 Å². The Hall–Kier alpha value is -2.04. The average molecular weight is 234 g/mol. The minimum absolute atomic E-state index is 0.413. The number of nitrogens with one attached hydrogen (secondary N) is 1. The number of primary amides is 1. The van der Waals surface area contributed by atoms with Crippen molar-refractivity contribution < 1.29 is 4.79 Å². The SMILES string of the molecule is CCCNC(N)=NCc1cccc(C(N)=O)c1. The fraction of sp³-hybridized carbons (Fsp3) is 0.333. The molecule has 0 bridgehead atoms. The van der Waals surface area contributed by atoms with E-state index in [0.29, 0.717) is 18.1 Å². The van der Waals surface area contributed by atoms with E-state index in [0.717, 1.165) is 18.5 Å². The first-order chi connectivity index (χ1) is 8.13. The molecule has 0 heterocycles. The van der Waals surface area contributed by atoms with Gasteiger partial charge in [0.2, 0.25) is 5.91 Å². The van der Waals surface area contributed by atoms with Crippen molar-refractivity contribution >= 4 is 11.9 Å². The summed E-state index contributed by atoms with van der Waals surface area (Å²) in [7, 11) is 0. The molecule has 0 unspecified atom stereocenters. The second kappa shape index (κ2) is 6.52. The lowest BCUT2D eigenvalue weighted by atomic mass is 10.1. The molecule has 1 aromatic carbocycles. The molecule has 0 atom stereocenters. The molecular formula is C12H18N4O. The van der Waals surface area contributed by atoms with Gasteiger partial charge in [-0.25, -0.2) is 4.99 Å². The molecule has 1 rings (SSSR count). The molecule has 1 amide bonds. The van der Waals surface area contributed by atoms with Gasteiger partial charge in [0.1, 0.15) is 0 Å². The van der Waals surface area contributed by atoms with Gasteiger partial charge in [0.05, 0.1) is 6.54 Å². The number of amides is 1. The van der Waals surface area contributed by atoms with Crippen LogP contribution in [0, 0.1) is 0 Å². The molecule has 0 aromatic heterocycles. The maximum absolute atomic E-state index is 11.0.